The summed E-state index contributed by atoms with van der Waals surface area (Å²) in [5.41, 5.74) is 1.48. The second-order valence-corrected chi connectivity index (χ2v) is 7.53. The molecule has 1 aliphatic heterocycles. The average Bonchev–Trinajstić information content (AvgIpc) is 3.05. The predicted octanol–water partition coefficient (Wildman–Crippen LogP) is 3.76. The Bertz CT molecular complexity index is 1040. The third-order valence-electron chi connectivity index (χ3n) is 4.92. The number of nitro groups is 1. The van der Waals surface area contributed by atoms with Gasteiger partial charge >= 0.3 is 0 Å². The molecular formula is C21H21ClN4O5. The van der Waals surface area contributed by atoms with E-state index in [2.05, 4.69) is 10.6 Å². The van der Waals surface area contributed by atoms with Crippen LogP contribution in [0.2, 0.25) is 5.02 Å². The molecule has 1 aliphatic rings. The molecule has 2 aromatic rings. The highest BCUT2D eigenvalue weighted by Gasteiger charge is 2.28. The molecule has 0 unspecified atom stereocenters. The van der Waals surface area contributed by atoms with Crippen LogP contribution in [0, 0.1) is 17.0 Å². The van der Waals surface area contributed by atoms with Crippen LogP contribution in [0.25, 0.3) is 0 Å². The van der Waals surface area contributed by atoms with Crippen LogP contribution in [0.15, 0.2) is 36.4 Å². The number of carbonyl (C=O) groups excluding carboxylic acids is 3. The molecule has 1 heterocycles. The minimum absolute atomic E-state index is 0.127. The van der Waals surface area contributed by atoms with Crippen molar-refractivity contribution >= 4 is 46.4 Å². The second-order valence-electron chi connectivity index (χ2n) is 7.13. The number of aryl methyl sites for hydroxylation is 1. The summed E-state index contributed by atoms with van der Waals surface area (Å²) in [6, 6.07) is 9.20. The molecule has 0 aromatic heterocycles. The molecule has 2 aromatic carbocycles. The standard InChI is InChI=1S/C21H21ClN4O5/c1-13-3-5-15(12-16(13)22)24-21(29)14-4-6-17(18(11-14)26(30)31)23-9-2-10-25-19(27)7-8-20(25)28/h3-6,11-12,23H,2,7-10H2,1H3,(H,24,29). The lowest BCUT2D eigenvalue weighted by molar-refractivity contribution is -0.384. The molecule has 3 rings (SSSR count). The van der Waals surface area contributed by atoms with Gasteiger partial charge in [0.1, 0.15) is 5.69 Å². The molecule has 1 fully saturated rings. The van der Waals surface area contributed by atoms with Gasteiger partial charge in [-0.15, -0.1) is 0 Å². The van der Waals surface area contributed by atoms with Crippen LogP contribution in [0.5, 0.6) is 0 Å². The number of anilines is 2. The van der Waals surface area contributed by atoms with Gasteiger partial charge in [-0.2, -0.15) is 0 Å². The van der Waals surface area contributed by atoms with Gasteiger partial charge in [0.15, 0.2) is 0 Å². The number of amides is 3. The number of nitrogens with zero attached hydrogens (tertiary/aromatic N) is 2. The highest BCUT2D eigenvalue weighted by Crippen LogP contribution is 2.27. The van der Waals surface area contributed by atoms with Gasteiger partial charge in [0.05, 0.1) is 4.92 Å². The maximum Gasteiger partial charge on any atom is 0.293 e. The number of halogens is 1. The Morgan fingerprint density at radius 1 is 1.16 bits per heavy atom. The second kappa shape index (κ2) is 9.57. The zero-order valence-corrected chi connectivity index (χ0v) is 17.6. The van der Waals surface area contributed by atoms with E-state index in [1.807, 2.05) is 6.92 Å². The molecule has 2 N–H and O–H groups in total. The molecule has 10 heteroatoms. The number of carbonyl (C=O) groups is 3. The smallest absolute Gasteiger partial charge is 0.293 e. The fourth-order valence-electron chi connectivity index (χ4n) is 3.18. The van der Waals surface area contributed by atoms with Crippen molar-refractivity contribution in [1.29, 1.82) is 0 Å². The van der Waals surface area contributed by atoms with Crippen LogP contribution >= 0.6 is 11.6 Å². The van der Waals surface area contributed by atoms with Crippen LogP contribution in [-0.4, -0.2) is 40.6 Å². The molecule has 3 amide bonds. The van der Waals surface area contributed by atoms with E-state index in [0.717, 1.165) is 5.56 Å². The first-order chi connectivity index (χ1) is 14.8. The van der Waals surface area contributed by atoms with E-state index in [-0.39, 0.29) is 48.1 Å². The molecule has 0 spiro atoms. The van der Waals surface area contributed by atoms with Gasteiger partial charge in [-0.25, -0.2) is 0 Å². The third-order valence-corrected chi connectivity index (χ3v) is 5.32. The predicted molar refractivity (Wildman–Crippen MR) is 116 cm³/mol. The lowest BCUT2D eigenvalue weighted by Crippen LogP contribution is -2.31. The highest BCUT2D eigenvalue weighted by molar-refractivity contribution is 6.31. The van der Waals surface area contributed by atoms with Gasteiger partial charge < -0.3 is 10.6 Å². The van der Waals surface area contributed by atoms with Gasteiger partial charge in [-0.3, -0.25) is 29.4 Å². The minimum Gasteiger partial charge on any atom is -0.379 e. The molecule has 31 heavy (non-hydrogen) atoms. The summed E-state index contributed by atoms with van der Waals surface area (Å²) in [6.07, 6.45) is 0.914. The Kier molecular flexibility index (Phi) is 6.86. The summed E-state index contributed by atoms with van der Waals surface area (Å²) >= 11 is 6.06. The molecule has 162 valence electrons. The monoisotopic (exact) mass is 444 g/mol. The maximum atomic E-state index is 12.5. The van der Waals surface area contributed by atoms with Crippen molar-refractivity contribution in [1.82, 2.24) is 4.90 Å². The minimum atomic E-state index is -0.574. The van der Waals surface area contributed by atoms with E-state index in [4.69, 9.17) is 11.6 Å². The molecule has 1 saturated heterocycles. The molecule has 0 bridgehead atoms. The molecule has 9 nitrogen and oxygen atoms in total. The zero-order chi connectivity index (χ0) is 22.5. The van der Waals surface area contributed by atoms with E-state index < -0.39 is 10.8 Å². The largest absolute Gasteiger partial charge is 0.379 e. The quantitative estimate of drug-likeness (QED) is 0.276. The summed E-state index contributed by atoms with van der Waals surface area (Å²) in [5.74, 6) is -0.886. The van der Waals surface area contributed by atoms with Gasteiger partial charge in [0.25, 0.3) is 11.6 Å². The Morgan fingerprint density at radius 2 is 1.87 bits per heavy atom. The molecule has 0 saturated carbocycles. The summed E-state index contributed by atoms with van der Waals surface area (Å²) in [5, 5.41) is 17.6. The third kappa shape index (κ3) is 5.37. The Balaban J connectivity index is 1.64. The maximum absolute atomic E-state index is 12.5. The van der Waals surface area contributed by atoms with E-state index in [0.29, 0.717) is 23.7 Å². The van der Waals surface area contributed by atoms with Crippen LogP contribution in [0.3, 0.4) is 0 Å². The number of nitrogens with one attached hydrogen (secondary N) is 2. The Morgan fingerprint density at radius 3 is 2.52 bits per heavy atom. The van der Waals surface area contributed by atoms with Crippen molar-refractivity contribution in [3.8, 4) is 0 Å². The first-order valence-electron chi connectivity index (χ1n) is 9.69. The van der Waals surface area contributed by atoms with Gasteiger partial charge in [-0.1, -0.05) is 17.7 Å². The van der Waals surface area contributed by atoms with Crippen molar-refractivity contribution in [2.75, 3.05) is 23.7 Å². The number of benzene rings is 2. The van der Waals surface area contributed by atoms with E-state index in [1.54, 1.807) is 18.2 Å². The van der Waals surface area contributed by atoms with Crippen LogP contribution in [0.1, 0.15) is 35.2 Å². The Hall–Kier alpha value is -3.46. The van der Waals surface area contributed by atoms with E-state index in [9.17, 15) is 24.5 Å². The summed E-state index contributed by atoms with van der Waals surface area (Å²) < 4.78 is 0. The fourth-order valence-corrected chi connectivity index (χ4v) is 3.36. The Labute approximate surface area is 183 Å². The number of likely N-dealkylation sites (tertiary alicyclic amines) is 1. The van der Waals surface area contributed by atoms with Crippen molar-refractivity contribution in [2.24, 2.45) is 0 Å². The van der Waals surface area contributed by atoms with Crippen LogP contribution in [0.4, 0.5) is 17.1 Å². The van der Waals surface area contributed by atoms with Gasteiger partial charge in [-0.05, 0) is 43.2 Å². The van der Waals surface area contributed by atoms with Crippen molar-refractivity contribution in [3.63, 3.8) is 0 Å². The molecule has 0 aliphatic carbocycles. The fraction of sp³-hybridized carbons (Fsp3) is 0.286. The van der Waals surface area contributed by atoms with Crippen LogP contribution < -0.4 is 10.6 Å². The summed E-state index contributed by atoms with van der Waals surface area (Å²) in [7, 11) is 0. The molecular weight excluding hydrogens is 424 g/mol. The normalized spacial score (nSPS) is 13.4. The van der Waals surface area contributed by atoms with Gasteiger partial charge in [0, 0.05) is 48.3 Å². The molecule has 0 radical (unpaired) electrons. The topological polar surface area (TPSA) is 122 Å². The number of nitro benzene ring substituents is 1. The average molecular weight is 445 g/mol. The van der Waals surface area contributed by atoms with Crippen molar-refractivity contribution in [3.05, 3.63) is 62.7 Å². The number of imide groups is 1. The lowest BCUT2D eigenvalue weighted by atomic mass is 10.1. The van der Waals surface area contributed by atoms with E-state index >= 15 is 0 Å². The number of hydrogen-bond acceptors (Lipinski definition) is 6. The first-order valence-corrected chi connectivity index (χ1v) is 10.1. The van der Waals surface area contributed by atoms with E-state index in [1.165, 1.54) is 23.1 Å². The van der Waals surface area contributed by atoms with Crippen LogP contribution in [-0.2, 0) is 9.59 Å². The lowest BCUT2D eigenvalue weighted by Gasteiger charge is -2.14. The first kappa shape index (κ1) is 22.2. The highest BCUT2D eigenvalue weighted by atomic mass is 35.5. The van der Waals surface area contributed by atoms with Crippen molar-refractivity contribution in [2.45, 2.75) is 26.2 Å². The SMILES string of the molecule is Cc1ccc(NC(=O)c2ccc(NCCCN3C(=O)CCC3=O)c([N+](=O)[O-])c2)cc1Cl. The summed E-state index contributed by atoms with van der Waals surface area (Å²) in [6.45, 7) is 2.42. The zero-order valence-electron chi connectivity index (χ0n) is 16.8. The van der Waals surface area contributed by atoms with Crippen molar-refractivity contribution < 1.29 is 19.3 Å². The summed E-state index contributed by atoms with van der Waals surface area (Å²) in [4.78, 5) is 47.8. The molecule has 0 atom stereocenters. The number of hydrogen-bond donors (Lipinski definition) is 2. The van der Waals surface area contributed by atoms with Gasteiger partial charge in [0.2, 0.25) is 11.8 Å². The number of rotatable bonds is 8.